The maximum Gasteiger partial charge on any atom is 0.328 e. The lowest BCUT2D eigenvalue weighted by Crippen LogP contribution is -2.43. The van der Waals surface area contributed by atoms with Gasteiger partial charge >= 0.3 is 5.97 Å². The molecular weight excluding hydrogens is 401 g/mol. The zero-order chi connectivity index (χ0) is 21.8. The number of likely N-dealkylation sites (tertiary alicyclic amines) is 1. The van der Waals surface area contributed by atoms with E-state index in [9.17, 15) is 14.0 Å². The number of carbonyl (C=O) groups excluding carboxylic acids is 2. The summed E-state index contributed by atoms with van der Waals surface area (Å²) in [6, 6.07) is 18.6. The molecule has 0 aliphatic carbocycles. The highest BCUT2D eigenvalue weighted by Gasteiger charge is 2.41. The Morgan fingerprint density at radius 1 is 1.03 bits per heavy atom. The van der Waals surface area contributed by atoms with E-state index in [1.54, 1.807) is 18.2 Å². The molecule has 7 heteroatoms. The first-order chi connectivity index (χ1) is 15.0. The molecule has 0 saturated carbocycles. The van der Waals surface area contributed by atoms with E-state index in [0.29, 0.717) is 5.75 Å². The molecule has 1 saturated heterocycles. The molecular formula is C24H22FNO5. The van der Waals surface area contributed by atoms with E-state index in [-0.39, 0.29) is 31.2 Å². The van der Waals surface area contributed by atoms with Crippen molar-refractivity contribution in [3.05, 3.63) is 72.5 Å². The Labute approximate surface area is 179 Å². The van der Waals surface area contributed by atoms with Crippen LogP contribution in [0.4, 0.5) is 4.39 Å². The van der Waals surface area contributed by atoms with Crippen LogP contribution in [0.5, 0.6) is 11.5 Å². The second-order valence-corrected chi connectivity index (χ2v) is 7.29. The van der Waals surface area contributed by atoms with Gasteiger partial charge in [-0.15, -0.1) is 0 Å². The van der Waals surface area contributed by atoms with Crippen LogP contribution in [-0.4, -0.2) is 49.2 Å². The van der Waals surface area contributed by atoms with Crippen LogP contribution in [0.1, 0.15) is 6.42 Å². The molecule has 3 aromatic rings. The Balaban J connectivity index is 1.44. The van der Waals surface area contributed by atoms with Gasteiger partial charge in [0.15, 0.2) is 18.2 Å². The average molecular weight is 423 g/mol. The molecule has 0 spiro atoms. The standard InChI is InChI=1S/C24H22FNO5/c1-29-24(28)21-13-19(31-22-9-5-4-8-20(22)25)14-26(21)23(27)15-30-18-11-10-16-6-2-3-7-17(16)12-18/h2-12,19,21H,13-15H2,1H3. The van der Waals surface area contributed by atoms with Crippen molar-refractivity contribution in [1.82, 2.24) is 4.90 Å². The molecule has 2 unspecified atom stereocenters. The molecule has 160 valence electrons. The first kappa shape index (κ1) is 20.7. The van der Waals surface area contributed by atoms with E-state index < -0.39 is 23.9 Å². The molecule has 0 radical (unpaired) electrons. The molecule has 0 bridgehead atoms. The zero-order valence-electron chi connectivity index (χ0n) is 17.0. The van der Waals surface area contributed by atoms with Gasteiger partial charge in [0.05, 0.1) is 13.7 Å². The van der Waals surface area contributed by atoms with Gasteiger partial charge in [-0.2, -0.15) is 0 Å². The molecule has 1 aliphatic heterocycles. The Morgan fingerprint density at radius 2 is 1.77 bits per heavy atom. The Kier molecular flexibility index (Phi) is 6.02. The van der Waals surface area contributed by atoms with Gasteiger partial charge in [0.1, 0.15) is 17.9 Å². The van der Waals surface area contributed by atoms with Crippen LogP contribution in [0.15, 0.2) is 66.7 Å². The lowest BCUT2D eigenvalue weighted by molar-refractivity contribution is -0.151. The number of nitrogens with zero attached hydrogens (tertiary/aromatic N) is 1. The van der Waals surface area contributed by atoms with E-state index in [0.717, 1.165) is 10.8 Å². The molecule has 1 heterocycles. The van der Waals surface area contributed by atoms with E-state index in [1.165, 1.54) is 24.1 Å². The van der Waals surface area contributed by atoms with Crippen LogP contribution in [0.3, 0.4) is 0 Å². The first-order valence-electron chi connectivity index (χ1n) is 9.95. The second kappa shape index (κ2) is 9.04. The molecule has 1 aliphatic rings. The van der Waals surface area contributed by atoms with Crippen LogP contribution in [0.25, 0.3) is 10.8 Å². The van der Waals surface area contributed by atoms with Crippen molar-refractivity contribution in [3.63, 3.8) is 0 Å². The average Bonchev–Trinajstić information content (AvgIpc) is 3.22. The summed E-state index contributed by atoms with van der Waals surface area (Å²) in [5.41, 5.74) is 0. The van der Waals surface area contributed by atoms with Crippen molar-refractivity contribution in [3.8, 4) is 11.5 Å². The minimum Gasteiger partial charge on any atom is -0.485 e. The fourth-order valence-corrected chi connectivity index (χ4v) is 3.72. The summed E-state index contributed by atoms with van der Waals surface area (Å²) in [5, 5.41) is 2.07. The monoisotopic (exact) mass is 423 g/mol. The Hall–Kier alpha value is -3.61. The van der Waals surface area contributed by atoms with E-state index in [4.69, 9.17) is 14.2 Å². The lowest BCUT2D eigenvalue weighted by Gasteiger charge is -2.22. The van der Waals surface area contributed by atoms with E-state index >= 15 is 0 Å². The van der Waals surface area contributed by atoms with Crippen molar-refractivity contribution in [2.45, 2.75) is 18.6 Å². The fourth-order valence-electron chi connectivity index (χ4n) is 3.72. The molecule has 1 fully saturated rings. The number of carbonyl (C=O) groups is 2. The molecule has 2 atom stereocenters. The topological polar surface area (TPSA) is 65.1 Å². The van der Waals surface area contributed by atoms with Gasteiger partial charge in [-0.3, -0.25) is 4.79 Å². The van der Waals surface area contributed by atoms with Crippen LogP contribution in [0.2, 0.25) is 0 Å². The molecule has 6 nitrogen and oxygen atoms in total. The van der Waals surface area contributed by atoms with Gasteiger partial charge in [0, 0.05) is 6.42 Å². The predicted molar refractivity (Wildman–Crippen MR) is 112 cm³/mol. The quantitative estimate of drug-likeness (QED) is 0.567. The van der Waals surface area contributed by atoms with Crippen LogP contribution in [-0.2, 0) is 14.3 Å². The number of hydrogen-bond donors (Lipinski definition) is 0. The summed E-state index contributed by atoms with van der Waals surface area (Å²) in [4.78, 5) is 26.4. The molecule has 4 rings (SSSR count). The largest absolute Gasteiger partial charge is 0.485 e. The minimum absolute atomic E-state index is 0.0813. The van der Waals surface area contributed by atoms with Crippen molar-refractivity contribution >= 4 is 22.6 Å². The van der Waals surface area contributed by atoms with Gasteiger partial charge in [0.2, 0.25) is 0 Å². The molecule has 31 heavy (non-hydrogen) atoms. The van der Waals surface area contributed by atoms with Gasteiger partial charge in [0.25, 0.3) is 5.91 Å². The Morgan fingerprint density at radius 3 is 2.55 bits per heavy atom. The second-order valence-electron chi connectivity index (χ2n) is 7.29. The summed E-state index contributed by atoms with van der Waals surface area (Å²) in [6.45, 7) is -0.105. The van der Waals surface area contributed by atoms with E-state index in [2.05, 4.69) is 0 Å². The summed E-state index contributed by atoms with van der Waals surface area (Å²) >= 11 is 0. The zero-order valence-corrected chi connectivity index (χ0v) is 17.0. The van der Waals surface area contributed by atoms with Gasteiger partial charge in [-0.05, 0) is 35.0 Å². The van der Waals surface area contributed by atoms with E-state index in [1.807, 2.05) is 36.4 Å². The van der Waals surface area contributed by atoms with Crippen molar-refractivity contribution in [1.29, 1.82) is 0 Å². The minimum atomic E-state index is -0.811. The number of benzene rings is 3. The number of ether oxygens (including phenoxy) is 3. The van der Waals surface area contributed by atoms with Gasteiger partial charge in [-0.25, -0.2) is 9.18 Å². The third kappa shape index (κ3) is 4.60. The molecule has 0 aromatic heterocycles. The highest BCUT2D eigenvalue weighted by molar-refractivity contribution is 5.86. The van der Waals surface area contributed by atoms with Gasteiger partial charge in [-0.1, -0.05) is 42.5 Å². The number of para-hydroxylation sites is 1. The van der Waals surface area contributed by atoms with Crippen LogP contribution in [0, 0.1) is 5.82 Å². The summed E-state index contributed by atoms with van der Waals surface area (Å²) in [7, 11) is 1.27. The van der Waals surface area contributed by atoms with Crippen molar-refractivity contribution in [2.24, 2.45) is 0 Å². The summed E-state index contributed by atoms with van der Waals surface area (Å²) in [6.07, 6.45) is -0.325. The number of hydrogen-bond acceptors (Lipinski definition) is 5. The predicted octanol–water partition coefficient (Wildman–Crippen LogP) is 3.58. The number of amides is 1. The smallest absolute Gasteiger partial charge is 0.328 e. The number of rotatable bonds is 6. The van der Waals surface area contributed by atoms with Crippen molar-refractivity contribution in [2.75, 3.05) is 20.3 Å². The first-order valence-corrected chi connectivity index (χ1v) is 9.95. The third-order valence-corrected chi connectivity index (χ3v) is 5.27. The lowest BCUT2D eigenvalue weighted by atomic mass is 10.1. The summed E-state index contributed by atoms with van der Waals surface area (Å²) < 4.78 is 30.2. The third-order valence-electron chi connectivity index (χ3n) is 5.27. The van der Waals surface area contributed by atoms with Crippen molar-refractivity contribution < 1.29 is 28.2 Å². The van der Waals surface area contributed by atoms with Gasteiger partial charge < -0.3 is 19.1 Å². The molecule has 3 aromatic carbocycles. The molecule has 0 N–H and O–H groups in total. The number of fused-ring (bicyclic) bond motifs is 1. The molecule has 1 amide bonds. The SMILES string of the molecule is COC(=O)C1CC(Oc2ccccc2F)CN1C(=O)COc1ccc2ccccc2c1. The normalized spacial score (nSPS) is 18.1. The number of esters is 1. The highest BCUT2D eigenvalue weighted by atomic mass is 19.1. The summed E-state index contributed by atoms with van der Waals surface area (Å²) in [5.74, 6) is -0.777. The number of halogens is 1. The van der Waals surface area contributed by atoms with Crippen LogP contribution < -0.4 is 9.47 Å². The highest BCUT2D eigenvalue weighted by Crippen LogP contribution is 2.26. The maximum absolute atomic E-state index is 13.9. The fraction of sp³-hybridized carbons (Fsp3) is 0.250. The number of methoxy groups -OCH3 is 1. The Bertz CT molecular complexity index is 1100. The maximum atomic E-state index is 13.9. The van der Waals surface area contributed by atoms with Crippen LogP contribution >= 0.6 is 0 Å².